The van der Waals surface area contributed by atoms with Crippen molar-refractivity contribution in [2.75, 3.05) is 5.32 Å². The van der Waals surface area contributed by atoms with Gasteiger partial charge in [0.05, 0.1) is 4.90 Å². The smallest absolute Gasteiger partial charge is 0.234 e. The van der Waals surface area contributed by atoms with Crippen LogP contribution in [0.5, 0.6) is 0 Å². The number of hydrogen-bond acceptors (Lipinski definition) is 5. The first kappa shape index (κ1) is 18.7. The van der Waals surface area contributed by atoms with Gasteiger partial charge in [-0.2, -0.15) is 4.98 Å². The van der Waals surface area contributed by atoms with E-state index in [1.807, 2.05) is 31.2 Å². The maximum absolute atomic E-state index is 13.3. The highest BCUT2D eigenvalue weighted by molar-refractivity contribution is 7.91. The van der Waals surface area contributed by atoms with Crippen LogP contribution >= 0.6 is 0 Å². The van der Waals surface area contributed by atoms with Crippen molar-refractivity contribution in [2.45, 2.75) is 55.0 Å². The number of hydrogen-bond donors (Lipinski definition) is 1. The van der Waals surface area contributed by atoms with Gasteiger partial charge >= 0.3 is 0 Å². The molecule has 4 rings (SSSR count). The van der Waals surface area contributed by atoms with Gasteiger partial charge in [0.25, 0.3) is 0 Å². The van der Waals surface area contributed by atoms with Gasteiger partial charge < -0.3 is 9.73 Å². The Balaban J connectivity index is 1.80. The van der Waals surface area contributed by atoms with Gasteiger partial charge in [-0.3, -0.25) is 0 Å². The van der Waals surface area contributed by atoms with E-state index in [9.17, 15) is 8.42 Å². The highest BCUT2D eigenvalue weighted by Gasteiger charge is 2.30. The first-order valence-corrected chi connectivity index (χ1v) is 11.2. The number of nitrogens with one attached hydrogen (secondary N) is 1. The number of oxazole rings is 1. The third-order valence-corrected chi connectivity index (χ3v) is 6.90. The fourth-order valence-electron chi connectivity index (χ4n) is 3.65. The fraction of sp³-hybridized carbons (Fsp3) is 0.318. The van der Waals surface area contributed by atoms with Crippen molar-refractivity contribution in [2.24, 2.45) is 0 Å². The summed E-state index contributed by atoms with van der Waals surface area (Å²) in [6.45, 7) is 1.96. The van der Waals surface area contributed by atoms with Gasteiger partial charge in [0.1, 0.15) is 0 Å². The van der Waals surface area contributed by atoms with Gasteiger partial charge in [-0.25, -0.2) is 8.42 Å². The molecule has 146 valence electrons. The first-order chi connectivity index (χ1) is 13.6. The van der Waals surface area contributed by atoms with Gasteiger partial charge in [0, 0.05) is 11.6 Å². The molecular weight excluding hydrogens is 372 g/mol. The Bertz CT molecular complexity index is 1050. The van der Waals surface area contributed by atoms with Crippen LogP contribution in [0.25, 0.3) is 11.5 Å². The number of aromatic nitrogens is 1. The zero-order valence-electron chi connectivity index (χ0n) is 15.9. The second kappa shape index (κ2) is 7.80. The van der Waals surface area contributed by atoms with Gasteiger partial charge in [-0.1, -0.05) is 55.7 Å². The normalized spacial score (nSPS) is 15.5. The molecule has 5 nitrogen and oxygen atoms in total. The van der Waals surface area contributed by atoms with E-state index in [0.29, 0.717) is 5.89 Å². The zero-order chi connectivity index (χ0) is 19.6. The Morgan fingerprint density at radius 2 is 1.64 bits per heavy atom. The molecule has 1 saturated carbocycles. The Morgan fingerprint density at radius 3 is 2.36 bits per heavy atom. The van der Waals surface area contributed by atoms with E-state index in [1.165, 1.54) is 6.42 Å². The number of rotatable bonds is 5. The van der Waals surface area contributed by atoms with Crippen LogP contribution < -0.4 is 5.32 Å². The lowest BCUT2D eigenvalue weighted by molar-refractivity contribution is 0.450. The van der Waals surface area contributed by atoms with Crippen molar-refractivity contribution in [3.05, 3.63) is 60.2 Å². The van der Waals surface area contributed by atoms with Crippen LogP contribution in [0.3, 0.4) is 0 Å². The molecule has 0 spiro atoms. The molecule has 6 heteroatoms. The number of aryl methyl sites for hydroxylation is 1. The van der Waals surface area contributed by atoms with Crippen molar-refractivity contribution in [1.82, 2.24) is 4.98 Å². The van der Waals surface area contributed by atoms with Crippen molar-refractivity contribution in [3.8, 4) is 11.5 Å². The average molecular weight is 397 g/mol. The second-order valence-electron chi connectivity index (χ2n) is 7.26. The van der Waals surface area contributed by atoms with E-state index >= 15 is 0 Å². The minimum atomic E-state index is -3.79. The standard InChI is InChI=1S/C22H24N2O3S/c1-16-10-8-9-15-19(16)20-24-22(28(25,26)18-13-6-3-7-14-18)21(27-20)23-17-11-4-2-5-12-17/h3,6-10,13-15,17,23H,2,4-5,11-12H2,1H3. The fourth-order valence-corrected chi connectivity index (χ4v) is 4.94. The molecule has 0 atom stereocenters. The molecule has 1 aromatic heterocycles. The van der Waals surface area contributed by atoms with E-state index in [-0.39, 0.29) is 21.8 Å². The van der Waals surface area contributed by atoms with Crippen LogP contribution in [0.4, 0.5) is 5.88 Å². The molecule has 0 radical (unpaired) electrons. The lowest BCUT2D eigenvalue weighted by Gasteiger charge is -2.22. The van der Waals surface area contributed by atoms with E-state index < -0.39 is 9.84 Å². The van der Waals surface area contributed by atoms with Crippen LogP contribution in [-0.2, 0) is 9.84 Å². The number of nitrogens with zero attached hydrogens (tertiary/aromatic N) is 1. The SMILES string of the molecule is Cc1ccccc1-c1nc(S(=O)(=O)c2ccccc2)c(NC2CCCCC2)o1. The summed E-state index contributed by atoms with van der Waals surface area (Å²) in [5.41, 5.74) is 1.78. The van der Waals surface area contributed by atoms with Crippen LogP contribution in [0, 0.1) is 6.92 Å². The molecule has 1 fully saturated rings. The molecule has 3 aromatic rings. The molecule has 28 heavy (non-hydrogen) atoms. The molecular formula is C22H24N2O3S. The van der Waals surface area contributed by atoms with Crippen LogP contribution in [0.15, 0.2) is 68.9 Å². The highest BCUT2D eigenvalue weighted by Crippen LogP contribution is 2.35. The third kappa shape index (κ3) is 3.69. The molecule has 1 N–H and O–H groups in total. The van der Waals surface area contributed by atoms with Crippen molar-refractivity contribution in [3.63, 3.8) is 0 Å². The predicted octanol–water partition coefficient (Wildman–Crippen LogP) is 5.23. The number of benzene rings is 2. The Hall–Kier alpha value is -2.60. The molecule has 0 bridgehead atoms. The molecule has 2 aromatic carbocycles. The summed E-state index contributed by atoms with van der Waals surface area (Å²) in [5, 5.41) is 3.29. The van der Waals surface area contributed by atoms with Gasteiger partial charge in [-0.05, 0) is 43.5 Å². The predicted molar refractivity (Wildman–Crippen MR) is 109 cm³/mol. The largest absolute Gasteiger partial charge is 0.419 e. The zero-order valence-corrected chi connectivity index (χ0v) is 16.7. The summed E-state index contributed by atoms with van der Waals surface area (Å²) in [6.07, 6.45) is 5.50. The number of anilines is 1. The summed E-state index contributed by atoms with van der Waals surface area (Å²) in [5.74, 6) is 0.569. The molecule has 0 amide bonds. The van der Waals surface area contributed by atoms with E-state index in [4.69, 9.17) is 4.42 Å². The minimum Gasteiger partial charge on any atom is -0.419 e. The van der Waals surface area contributed by atoms with Crippen molar-refractivity contribution >= 4 is 15.7 Å². The monoisotopic (exact) mass is 396 g/mol. The van der Waals surface area contributed by atoms with E-state index in [2.05, 4.69) is 10.3 Å². The summed E-state index contributed by atoms with van der Waals surface area (Å²) in [6, 6.07) is 16.3. The highest BCUT2D eigenvalue weighted by atomic mass is 32.2. The van der Waals surface area contributed by atoms with Gasteiger partial charge in [0.2, 0.25) is 26.6 Å². The Morgan fingerprint density at radius 1 is 0.964 bits per heavy atom. The number of sulfone groups is 1. The molecule has 1 aliphatic rings. The van der Waals surface area contributed by atoms with Gasteiger partial charge in [0.15, 0.2) is 0 Å². The van der Waals surface area contributed by atoms with Crippen molar-refractivity contribution < 1.29 is 12.8 Å². The topological polar surface area (TPSA) is 72.2 Å². The summed E-state index contributed by atoms with van der Waals surface area (Å²) in [7, 11) is -3.79. The van der Waals surface area contributed by atoms with Crippen molar-refractivity contribution in [1.29, 1.82) is 0 Å². The van der Waals surface area contributed by atoms with E-state index in [0.717, 1.165) is 36.8 Å². The Kier molecular flexibility index (Phi) is 5.22. The maximum atomic E-state index is 13.3. The first-order valence-electron chi connectivity index (χ1n) is 9.69. The van der Waals surface area contributed by atoms with Crippen LogP contribution in [0.1, 0.15) is 37.7 Å². The third-order valence-electron chi connectivity index (χ3n) is 5.22. The van der Waals surface area contributed by atoms with Crippen LogP contribution in [-0.4, -0.2) is 19.4 Å². The lowest BCUT2D eigenvalue weighted by atomic mass is 9.96. The molecule has 1 aliphatic carbocycles. The lowest BCUT2D eigenvalue weighted by Crippen LogP contribution is -2.23. The maximum Gasteiger partial charge on any atom is 0.234 e. The average Bonchev–Trinajstić information content (AvgIpc) is 3.14. The summed E-state index contributed by atoms with van der Waals surface area (Å²) >= 11 is 0. The molecule has 0 saturated heterocycles. The van der Waals surface area contributed by atoms with Crippen LogP contribution in [0.2, 0.25) is 0 Å². The molecule has 0 unspecified atom stereocenters. The molecule has 0 aliphatic heterocycles. The minimum absolute atomic E-state index is 0.0393. The second-order valence-corrected chi connectivity index (χ2v) is 9.13. The summed E-state index contributed by atoms with van der Waals surface area (Å²) < 4.78 is 32.5. The van der Waals surface area contributed by atoms with E-state index in [1.54, 1.807) is 30.3 Å². The summed E-state index contributed by atoms with van der Waals surface area (Å²) in [4.78, 5) is 4.65. The molecule has 1 heterocycles. The quantitative estimate of drug-likeness (QED) is 0.639. The van der Waals surface area contributed by atoms with Gasteiger partial charge in [-0.15, -0.1) is 0 Å². The Labute approximate surface area is 165 Å².